The molecular formula is C23H27NO5. The third kappa shape index (κ3) is 6.10. The number of benzene rings is 2. The highest BCUT2D eigenvalue weighted by Gasteiger charge is 2.18. The summed E-state index contributed by atoms with van der Waals surface area (Å²) >= 11 is 0. The van der Waals surface area contributed by atoms with Crippen LogP contribution in [-0.4, -0.2) is 30.2 Å². The van der Waals surface area contributed by atoms with Crippen LogP contribution in [-0.2, 0) is 14.3 Å². The molecule has 1 amide bonds. The van der Waals surface area contributed by atoms with Crippen molar-refractivity contribution in [1.82, 2.24) is 0 Å². The van der Waals surface area contributed by atoms with Gasteiger partial charge in [-0.3, -0.25) is 4.79 Å². The minimum Gasteiger partial charge on any atom is -0.504 e. The Morgan fingerprint density at radius 1 is 1.17 bits per heavy atom. The fourth-order valence-corrected chi connectivity index (χ4v) is 2.72. The lowest BCUT2D eigenvalue weighted by atomic mass is 9.97. The molecule has 6 nitrogen and oxygen atoms in total. The Morgan fingerprint density at radius 2 is 1.90 bits per heavy atom. The van der Waals surface area contributed by atoms with Gasteiger partial charge in [-0.15, -0.1) is 0 Å². The smallest absolute Gasteiger partial charge is 0.331 e. The normalized spacial score (nSPS) is 13.0. The van der Waals surface area contributed by atoms with Gasteiger partial charge in [0, 0.05) is 11.8 Å². The number of phenolic OH excluding ortho intramolecular Hbond substituents is 1. The number of carbonyl (C=O) groups is 2. The zero-order chi connectivity index (χ0) is 21.4. The standard InChI is InChI=1S/C23H27NO5/c1-5-15(2)18-8-6-7-9-19(18)24-23(27)16(3)29-22(26)13-11-17-10-12-20(25)21(14-17)28-4/h6-16,25H,5H2,1-4H3,(H,24,27)/b13-11+/t15-,16-/m0/s1. The first-order valence-electron chi connectivity index (χ1n) is 9.51. The van der Waals surface area contributed by atoms with Crippen molar-refractivity contribution in [3.63, 3.8) is 0 Å². The Hall–Kier alpha value is -3.28. The number of para-hydroxylation sites is 1. The summed E-state index contributed by atoms with van der Waals surface area (Å²) in [4.78, 5) is 24.5. The summed E-state index contributed by atoms with van der Waals surface area (Å²) in [6.45, 7) is 5.71. The Labute approximate surface area is 171 Å². The Balaban J connectivity index is 1.98. The molecule has 2 N–H and O–H groups in total. The van der Waals surface area contributed by atoms with Crippen molar-refractivity contribution >= 4 is 23.6 Å². The predicted molar refractivity (Wildman–Crippen MR) is 113 cm³/mol. The quantitative estimate of drug-likeness (QED) is 0.506. The van der Waals surface area contributed by atoms with E-state index >= 15 is 0 Å². The molecule has 29 heavy (non-hydrogen) atoms. The summed E-state index contributed by atoms with van der Waals surface area (Å²) < 4.78 is 10.2. The summed E-state index contributed by atoms with van der Waals surface area (Å²) in [6.07, 6.45) is 2.74. The SMILES string of the molecule is CC[C@H](C)c1ccccc1NC(=O)[C@H](C)OC(=O)/C=C/c1ccc(O)c(OC)c1. The first kappa shape index (κ1) is 22.0. The molecule has 0 heterocycles. The zero-order valence-electron chi connectivity index (χ0n) is 17.1. The molecule has 2 aromatic rings. The lowest BCUT2D eigenvalue weighted by Gasteiger charge is -2.17. The third-order valence-corrected chi connectivity index (χ3v) is 4.64. The van der Waals surface area contributed by atoms with E-state index in [1.165, 1.54) is 32.3 Å². The van der Waals surface area contributed by atoms with Gasteiger partial charge in [0.25, 0.3) is 5.91 Å². The number of hydrogen-bond acceptors (Lipinski definition) is 5. The number of esters is 1. The van der Waals surface area contributed by atoms with Gasteiger partial charge in [0.15, 0.2) is 17.6 Å². The maximum absolute atomic E-state index is 12.4. The first-order chi connectivity index (χ1) is 13.8. The average molecular weight is 397 g/mol. The second kappa shape index (κ2) is 10.3. The van der Waals surface area contributed by atoms with Gasteiger partial charge in [-0.25, -0.2) is 4.79 Å². The minimum absolute atomic E-state index is 0.00944. The first-order valence-corrected chi connectivity index (χ1v) is 9.51. The largest absolute Gasteiger partial charge is 0.504 e. The number of amides is 1. The van der Waals surface area contributed by atoms with Crippen LogP contribution in [0.5, 0.6) is 11.5 Å². The van der Waals surface area contributed by atoms with Crippen LogP contribution in [0.1, 0.15) is 44.2 Å². The van der Waals surface area contributed by atoms with E-state index in [9.17, 15) is 14.7 Å². The molecule has 2 atom stereocenters. The van der Waals surface area contributed by atoms with E-state index in [4.69, 9.17) is 9.47 Å². The van der Waals surface area contributed by atoms with E-state index < -0.39 is 18.0 Å². The molecule has 0 aliphatic carbocycles. The van der Waals surface area contributed by atoms with Crippen LogP contribution >= 0.6 is 0 Å². The number of carbonyl (C=O) groups excluding carboxylic acids is 2. The molecule has 0 bridgehead atoms. The van der Waals surface area contributed by atoms with Gasteiger partial charge in [-0.2, -0.15) is 0 Å². The number of nitrogens with one attached hydrogen (secondary N) is 1. The van der Waals surface area contributed by atoms with Crippen LogP contribution < -0.4 is 10.1 Å². The van der Waals surface area contributed by atoms with E-state index in [1.807, 2.05) is 24.3 Å². The number of rotatable bonds is 8. The van der Waals surface area contributed by atoms with Crippen molar-refractivity contribution < 1.29 is 24.2 Å². The molecule has 2 rings (SSSR count). The molecule has 0 aromatic heterocycles. The van der Waals surface area contributed by atoms with E-state index in [1.54, 1.807) is 12.1 Å². The molecule has 0 radical (unpaired) electrons. The highest BCUT2D eigenvalue weighted by atomic mass is 16.5. The maximum Gasteiger partial charge on any atom is 0.331 e. The van der Waals surface area contributed by atoms with Crippen LogP contribution in [0.2, 0.25) is 0 Å². The second-order valence-corrected chi connectivity index (χ2v) is 6.73. The predicted octanol–water partition coefficient (Wildman–Crippen LogP) is 4.50. The van der Waals surface area contributed by atoms with E-state index in [0.717, 1.165) is 17.7 Å². The molecule has 2 aromatic carbocycles. The molecular weight excluding hydrogens is 370 g/mol. The van der Waals surface area contributed by atoms with Gasteiger partial charge in [-0.1, -0.05) is 38.1 Å². The van der Waals surface area contributed by atoms with Crippen LogP contribution in [0.4, 0.5) is 5.69 Å². The number of phenols is 1. The highest BCUT2D eigenvalue weighted by molar-refractivity contribution is 5.97. The molecule has 154 valence electrons. The topological polar surface area (TPSA) is 84.9 Å². The van der Waals surface area contributed by atoms with E-state index in [-0.39, 0.29) is 5.75 Å². The monoisotopic (exact) mass is 397 g/mol. The molecule has 0 saturated carbocycles. The van der Waals surface area contributed by atoms with Gasteiger partial charge in [0.2, 0.25) is 0 Å². The fourth-order valence-electron chi connectivity index (χ4n) is 2.72. The summed E-state index contributed by atoms with van der Waals surface area (Å²) in [5.41, 5.74) is 2.42. The lowest BCUT2D eigenvalue weighted by Crippen LogP contribution is -2.29. The lowest BCUT2D eigenvalue weighted by molar-refractivity contribution is -0.148. The molecule has 0 aliphatic heterocycles. The number of ether oxygens (including phenoxy) is 2. The van der Waals surface area contributed by atoms with Crippen molar-refractivity contribution in [2.75, 3.05) is 12.4 Å². The van der Waals surface area contributed by atoms with Gasteiger partial charge >= 0.3 is 5.97 Å². The van der Waals surface area contributed by atoms with Crippen molar-refractivity contribution in [1.29, 1.82) is 0 Å². The Kier molecular flexibility index (Phi) is 7.83. The number of anilines is 1. The minimum atomic E-state index is -0.952. The molecule has 0 unspecified atom stereocenters. The summed E-state index contributed by atoms with van der Waals surface area (Å²) in [5, 5.41) is 12.4. The Bertz CT molecular complexity index is 891. The van der Waals surface area contributed by atoms with Crippen LogP contribution in [0, 0.1) is 0 Å². The zero-order valence-corrected chi connectivity index (χ0v) is 17.1. The number of aromatic hydroxyl groups is 1. The van der Waals surface area contributed by atoms with Crippen LogP contribution in [0.3, 0.4) is 0 Å². The number of methoxy groups -OCH3 is 1. The Morgan fingerprint density at radius 3 is 2.59 bits per heavy atom. The summed E-state index contributed by atoms with van der Waals surface area (Å²) in [6, 6.07) is 12.3. The average Bonchev–Trinajstić information content (AvgIpc) is 2.72. The van der Waals surface area contributed by atoms with Crippen LogP contribution in [0.25, 0.3) is 6.08 Å². The molecule has 0 fully saturated rings. The molecule has 0 saturated heterocycles. The molecule has 6 heteroatoms. The highest BCUT2D eigenvalue weighted by Crippen LogP contribution is 2.27. The van der Waals surface area contributed by atoms with Gasteiger partial charge < -0.3 is 19.9 Å². The maximum atomic E-state index is 12.4. The van der Waals surface area contributed by atoms with Crippen molar-refractivity contribution in [2.45, 2.75) is 39.2 Å². The van der Waals surface area contributed by atoms with Gasteiger partial charge in [0.05, 0.1) is 7.11 Å². The van der Waals surface area contributed by atoms with E-state index in [0.29, 0.717) is 17.2 Å². The van der Waals surface area contributed by atoms with E-state index in [2.05, 4.69) is 19.2 Å². The van der Waals surface area contributed by atoms with Crippen molar-refractivity contribution in [3.8, 4) is 11.5 Å². The molecule has 0 aliphatic rings. The third-order valence-electron chi connectivity index (χ3n) is 4.64. The summed E-state index contributed by atoms with van der Waals surface area (Å²) in [5.74, 6) is -0.429. The van der Waals surface area contributed by atoms with Crippen molar-refractivity contribution in [3.05, 3.63) is 59.7 Å². The van der Waals surface area contributed by atoms with Gasteiger partial charge in [0.1, 0.15) is 0 Å². The summed E-state index contributed by atoms with van der Waals surface area (Å²) in [7, 11) is 1.44. The second-order valence-electron chi connectivity index (χ2n) is 6.73. The van der Waals surface area contributed by atoms with Gasteiger partial charge in [-0.05, 0) is 54.7 Å². The number of hydrogen-bond donors (Lipinski definition) is 2. The van der Waals surface area contributed by atoms with Crippen molar-refractivity contribution in [2.24, 2.45) is 0 Å². The van der Waals surface area contributed by atoms with Crippen LogP contribution in [0.15, 0.2) is 48.5 Å². The fraction of sp³-hybridized carbons (Fsp3) is 0.304. The molecule has 0 spiro atoms.